The second-order valence-electron chi connectivity index (χ2n) is 5.93. The number of thiophene rings is 1. The highest BCUT2D eigenvalue weighted by Gasteiger charge is 2.18. The van der Waals surface area contributed by atoms with Gasteiger partial charge in [0.25, 0.3) is 5.89 Å². The van der Waals surface area contributed by atoms with Crippen molar-refractivity contribution in [3.05, 3.63) is 40.5 Å². The van der Waals surface area contributed by atoms with Crippen LogP contribution < -0.4 is 5.84 Å². The number of thioether (sulfide) groups is 1. The summed E-state index contributed by atoms with van der Waals surface area (Å²) in [4.78, 5) is 2.32. The summed E-state index contributed by atoms with van der Waals surface area (Å²) in [7, 11) is 0. The second kappa shape index (κ2) is 7.20. The summed E-state index contributed by atoms with van der Waals surface area (Å²) in [5, 5.41) is 17.1. The van der Waals surface area contributed by atoms with Gasteiger partial charge < -0.3 is 14.7 Å². The molecule has 0 atom stereocenters. The van der Waals surface area contributed by atoms with Crippen LogP contribution >= 0.6 is 23.1 Å². The predicted molar refractivity (Wildman–Crippen MR) is 104 cm³/mol. The summed E-state index contributed by atoms with van der Waals surface area (Å²) in [6.45, 7) is 6.09. The van der Waals surface area contributed by atoms with Crippen LogP contribution in [0.3, 0.4) is 0 Å². The molecule has 0 saturated carbocycles. The number of hydrogen-bond acceptors (Lipinski definition) is 9. The van der Waals surface area contributed by atoms with Crippen molar-refractivity contribution >= 4 is 23.1 Å². The van der Waals surface area contributed by atoms with Gasteiger partial charge in [0, 0.05) is 4.88 Å². The second-order valence-corrected chi connectivity index (χ2v) is 8.01. The van der Waals surface area contributed by atoms with E-state index in [0.29, 0.717) is 28.5 Å². The average molecular weight is 403 g/mol. The third kappa shape index (κ3) is 3.37. The molecular weight excluding hydrogens is 384 g/mol. The van der Waals surface area contributed by atoms with Gasteiger partial charge in [-0.15, -0.1) is 31.7 Å². The first kappa shape index (κ1) is 17.8. The van der Waals surface area contributed by atoms with Gasteiger partial charge in [0.2, 0.25) is 11.0 Å². The zero-order valence-electron chi connectivity index (χ0n) is 15.1. The number of rotatable bonds is 6. The third-order valence-electron chi connectivity index (χ3n) is 4.11. The molecule has 140 valence electrons. The molecule has 0 bridgehead atoms. The number of aryl methyl sites for hydroxylation is 3. The summed E-state index contributed by atoms with van der Waals surface area (Å²) in [6.07, 6.45) is 2.60. The minimum Gasteiger partial charge on any atom is -0.469 e. The Hall–Kier alpha value is -2.59. The highest BCUT2D eigenvalue weighted by Crippen LogP contribution is 2.32. The molecule has 4 aromatic heterocycles. The summed E-state index contributed by atoms with van der Waals surface area (Å²) in [5.41, 5.74) is 2.07. The monoisotopic (exact) mass is 402 g/mol. The maximum atomic E-state index is 6.12. The Balaban J connectivity index is 1.48. The predicted octanol–water partition coefficient (Wildman–Crippen LogP) is 3.83. The minimum absolute atomic E-state index is 0.456. The van der Waals surface area contributed by atoms with Crippen molar-refractivity contribution in [2.24, 2.45) is 0 Å². The van der Waals surface area contributed by atoms with Gasteiger partial charge >= 0.3 is 0 Å². The maximum Gasteiger partial charge on any atom is 0.257 e. The van der Waals surface area contributed by atoms with Gasteiger partial charge in [0.15, 0.2) is 5.82 Å². The molecule has 4 heterocycles. The number of nitrogens with two attached hydrogens (primary N) is 1. The molecule has 2 N–H and O–H groups in total. The maximum absolute atomic E-state index is 6.12. The molecular formula is C17H18N6O2S2. The molecule has 0 amide bonds. The van der Waals surface area contributed by atoms with E-state index in [4.69, 9.17) is 14.7 Å². The molecule has 0 aliphatic carbocycles. The zero-order chi connectivity index (χ0) is 19.0. The van der Waals surface area contributed by atoms with E-state index < -0.39 is 0 Å². The van der Waals surface area contributed by atoms with Crippen molar-refractivity contribution in [1.82, 2.24) is 25.1 Å². The van der Waals surface area contributed by atoms with Gasteiger partial charge in [-0.1, -0.05) is 18.7 Å². The van der Waals surface area contributed by atoms with Crippen LogP contribution in [0.4, 0.5) is 0 Å². The van der Waals surface area contributed by atoms with Crippen molar-refractivity contribution in [1.29, 1.82) is 0 Å². The van der Waals surface area contributed by atoms with Crippen molar-refractivity contribution < 1.29 is 8.83 Å². The van der Waals surface area contributed by atoms with Gasteiger partial charge in [-0.25, -0.2) is 4.68 Å². The van der Waals surface area contributed by atoms with Gasteiger partial charge in [-0.05, 0) is 38.0 Å². The van der Waals surface area contributed by atoms with Gasteiger partial charge in [-0.3, -0.25) is 0 Å². The summed E-state index contributed by atoms with van der Waals surface area (Å²) < 4.78 is 12.5. The Kier molecular flexibility index (Phi) is 4.75. The molecule has 10 heteroatoms. The molecule has 0 aromatic carbocycles. The molecule has 4 aromatic rings. The fourth-order valence-electron chi connectivity index (χ4n) is 2.69. The van der Waals surface area contributed by atoms with Crippen LogP contribution in [0.5, 0.6) is 0 Å². The fraction of sp³-hybridized carbons (Fsp3) is 0.294. The number of aromatic nitrogens is 5. The Morgan fingerprint density at radius 3 is 2.78 bits per heavy atom. The molecule has 8 nitrogen and oxygen atoms in total. The number of hydrogen-bond donors (Lipinski definition) is 1. The lowest BCUT2D eigenvalue weighted by atomic mass is 10.2. The van der Waals surface area contributed by atoms with Crippen LogP contribution in [-0.4, -0.2) is 25.1 Å². The molecule has 0 aliphatic heterocycles. The van der Waals surface area contributed by atoms with Crippen LogP contribution in [0.25, 0.3) is 22.2 Å². The summed E-state index contributed by atoms with van der Waals surface area (Å²) in [5.74, 6) is 8.93. The lowest BCUT2D eigenvalue weighted by Crippen LogP contribution is -2.11. The van der Waals surface area contributed by atoms with E-state index in [0.717, 1.165) is 22.6 Å². The summed E-state index contributed by atoms with van der Waals surface area (Å²) >= 11 is 3.07. The molecule has 0 fully saturated rings. The highest BCUT2D eigenvalue weighted by molar-refractivity contribution is 7.98. The largest absolute Gasteiger partial charge is 0.469 e. The molecule has 0 aliphatic rings. The van der Waals surface area contributed by atoms with Gasteiger partial charge in [0.1, 0.15) is 5.76 Å². The molecule has 4 rings (SSSR count). The van der Waals surface area contributed by atoms with E-state index in [9.17, 15) is 0 Å². The Bertz CT molecular complexity index is 1080. The smallest absolute Gasteiger partial charge is 0.257 e. The topological polar surface area (TPSA) is 109 Å². The zero-order valence-corrected chi connectivity index (χ0v) is 16.7. The van der Waals surface area contributed by atoms with E-state index in [1.807, 2.05) is 13.0 Å². The average Bonchev–Trinajstić information content (AvgIpc) is 3.41. The number of nitrogen functional groups attached to an aromatic ring is 1. The Labute approximate surface area is 163 Å². The van der Waals surface area contributed by atoms with E-state index in [2.05, 4.69) is 40.3 Å². The van der Waals surface area contributed by atoms with Gasteiger partial charge in [0.05, 0.1) is 22.5 Å². The van der Waals surface area contributed by atoms with Crippen LogP contribution in [0.2, 0.25) is 0 Å². The fourth-order valence-corrected chi connectivity index (χ4v) is 4.42. The molecule has 0 spiro atoms. The van der Waals surface area contributed by atoms with Crippen molar-refractivity contribution in [2.75, 3.05) is 5.84 Å². The van der Waals surface area contributed by atoms with Crippen LogP contribution in [0, 0.1) is 13.8 Å². The Morgan fingerprint density at radius 2 is 2.07 bits per heavy atom. The van der Waals surface area contributed by atoms with E-state index in [1.54, 1.807) is 17.6 Å². The Morgan fingerprint density at radius 1 is 1.22 bits per heavy atom. The lowest BCUT2D eigenvalue weighted by Gasteiger charge is -2.01. The van der Waals surface area contributed by atoms with Gasteiger partial charge in [-0.2, -0.15) is 0 Å². The molecule has 0 radical (unpaired) electrons. The van der Waals surface area contributed by atoms with Crippen LogP contribution in [-0.2, 0) is 12.2 Å². The lowest BCUT2D eigenvalue weighted by molar-refractivity contribution is 0.529. The molecule has 27 heavy (non-hydrogen) atoms. The third-order valence-corrected chi connectivity index (χ3v) is 6.41. The molecule has 0 saturated heterocycles. The number of furan rings is 1. The van der Waals surface area contributed by atoms with Crippen molar-refractivity contribution in [3.63, 3.8) is 0 Å². The summed E-state index contributed by atoms with van der Waals surface area (Å²) in [6, 6.07) is 3.90. The minimum atomic E-state index is 0.456. The van der Waals surface area contributed by atoms with E-state index in [1.165, 1.54) is 26.9 Å². The van der Waals surface area contributed by atoms with Crippen molar-refractivity contribution in [3.8, 4) is 22.2 Å². The standard InChI is InChI=1S/C17H18N6O2S2/c1-4-12-9(2)7-13(27-12)16-21-19-14(25-16)8-26-17-22-20-15(23(17)18)11-5-6-24-10(11)3/h5-7H,4,8,18H2,1-3H3. The van der Waals surface area contributed by atoms with E-state index >= 15 is 0 Å². The van der Waals surface area contributed by atoms with Crippen LogP contribution in [0.1, 0.15) is 29.0 Å². The highest BCUT2D eigenvalue weighted by atomic mass is 32.2. The number of nitrogens with zero attached hydrogens (tertiary/aromatic N) is 5. The SMILES string of the molecule is CCc1sc(-c2nnc(CSc3nnc(-c4ccoc4C)n3N)o2)cc1C. The normalized spacial score (nSPS) is 11.4. The first-order valence-corrected chi connectivity index (χ1v) is 10.2. The quantitative estimate of drug-likeness (QED) is 0.383. The molecule has 0 unspecified atom stereocenters. The van der Waals surface area contributed by atoms with Crippen LogP contribution in [0.15, 0.2) is 32.4 Å². The van der Waals surface area contributed by atoms with Crippen molar-refractivity contribution in [2.45, 2.75) is 38.1 Å². The first-order chi connectivity index (χ1) is 13.1. The first-order valence-electron chi connectivity index (χ1n) is 8.36. The van der Waals surface area contributed by atoms with E-state index in [-0.39, 0.29) is 0 Å².